The third-order valence-electron chi connectivity index (χ3n) is 3.78. The molecule has 3 aromatic rings. The normalized spacial score (nSPS) is 11.2. The van der Waals surface area contributed by atoms with E-state index in [0.717, 1.165) is 5.56 Å². The van der Waals surface area contributed by atoms with Crippen LogP contribution in [0.3, 0.4) is 0 Å². The van der Waals surface area contributed by atoms with Crippen molar-refractivity contribution in [1.82, 2.24) is 9.78 Å². The number of hydrogen-bond donors (Lipinski definition) is 1. The number of hydrogen-bond acceptors (Lipinski definition) is 3. The molecule has 0 spiro atoms. The summed E-state index contributed by atoms with van der Waals surface area (Å²) in [6, 6.07) is 13.2. The van der Waals surface area contributed by atoms with Crippen molar-refractivity contribution < 1.29 is 18.3 Å². The molecule has 0 bridgehead atoms. The van der Waals surface area contributed by atoms with Crippen molar-refractivity contribution in [2.75, 3.05) is 5.32 Å². The maximum atomic E-state index is 12.1. The van der Waals surface area contributed by atoms with Crippen LogP contribution in [-0.2, 0) is 11.3 Å². The van der Waals surface area contributed by atoms with Gasteiger partial charge in [0, 0.05) is 17.3 Å². The molecule has 1 amide bonds. The number of aromatic nitrogens is 2. The zero-order valence-electron chi connectivity index (χ0n) is 14.9. The summed E-state index contributed by atoms with van der Waals surface area (Å²) in [5.41, 5.74) is 1.50. The van der Waals surface area contributed by atoms with Gasteiger partial charge < -0.3 is 10.1 Å². The highest BCUT2D eigenvalue weighted by molar-refractivity contribution is 6.33. The fourth-order valence-electron chi connectivity index (χ4n) is 2.45. The summed E-state index contributed by atoms with van der Waals surface area (Å²) < 4.78 is 30.1. The van der Waals surface area contributed by atoms with Crippen LogP contribution in [0, 0.1) is 0 Å². The van der Waals surface area contributed by atoms with Crippen molar-refractivity contribution in [2.24, 2.45) is 0 Å². The van der Waals surface area contributed by atoms with Gasteiger partial charge in [0.2, 0.25) is 5.91 Å². The fraction of sp³-hybridized carbons (Fsp3) is 0.100. The molecular formula is C20H15Cl2F2N3O2. The number of nitrogens with one attached hydrogen (secondary N) is 1. The maximum Gasteiger partial charge on any atom is 0.387 e. The molecule has 0 aliphatic heterocycles. The Morgan fingerprint density at radius 2 is 1.86 bits per heavy atom. The van der Waals surface area contributed by atoms with Gasteiger partial charge in [0.25, 0.3) is 0 Å². The molecular weight excluding hydrogens is 423 g/mol. The molecule has 0 atom stereocenters. The van der Waals surface area contributed by atoms with Gasteiger partial charge >= 0.3 is 6.61 Å². The van der Waals surface area contributed by atoms with Gasteiger partial charge in [-0.15, -0.1) is 0 Å². The molecule has 2 aromatic carbocycles. The Bertz CT molecular complexity index is 1020. The molecule has 9 heteroatoms. The first-order valence-electron chi connectivity index (χ1n) is 8.41. The number of carbonyl (C=O) groups excluding carboxylic acids is 1. The predicted molar refractivity (Wildman–Crippen MR) is 109 cm³/mol. The Labute approximate surface area is 175 Å². The number of amides is 1. The van der Waals surface area contributed by atoms with E-state index in [2.05, 4.69) is 15.2 Å². The third-order valence-corrected chi connectivity index (χ3v) is 4.43. The fourth-order valence-corrected chi connectivity index (χ4v) is 2.85. The van der Waals surface area contributed by atoms with E-state index in [1.54, 1.807) is 29.1 Å². The molecule has 0 saturated carbocycles. The molecule has 0 radical (unpaired) electrons. The minimum atomic E-state index is -2.88. The molecule has 1 heterocycles. The Balaban J connectivity index is 1.61. The average Bonchev–Trinajstić information content (AvgIpc) is 3.01. The maximum absolute atomic E-state index is 12.1. The zero-order valence-corrected chi connectivity index (χ0v) is 16.4. The summed E-state index contributed by atoms with van der Waals surface area (Å²) >= 11 is 12.3. The number of ether oxygens (including phenoxy) is 1. The van der Waals surface area contributed by atoms with E-state index in [0.29, 0.717) is 17.1 Å². The first-order valence-corrected chi connectivity index (χ1v) is 9.16. The van der Waals surface area contributed by atoms with E-state index in [4.69, 9.17) is 23.2 Å². The van der Waals surface area contributed by atoms with Gasteiger partial charge in [0.15, 0.2) is 5.82 Å². The summed E-state index contributed by atoms with van der Waals surface area (Å²) in [6.45, 7) is -2.48. The lowest BCUT2D eigenvalue weighted by Gasteiger charge is -2.04. The van der Waals surface area contributed by atoms with Gasteiger partial charge in [-0.25, -0.2) is 0 Å². The van der Waals surface area contributed by atoms with Crippen molar-refractivity contribution in [3.63, 3.8) is 0 Å². The molecule has 0 fully saturated rings. The molecule has 0 aliphatic rings. The number of alkyl halides is 2. The zero-order chi connectivity index (χ0) is 20.8. The molecule has 1 aromatic heterocycles. The first-order chi connectivity index (χ1) is 13.9. The van der Waals surface area contributed by atoms with Crippen molar-refractivity contribution in [3.8, 4) is 5.75 Å². The SMILES string of the molecule is O=C(/C=C\c1ccc(OC(F)F)cc1)Nc1nn(Cc2ccccc2Cl)cc1Cl. The van der Waals surface area contributed by atoms with E-state index in [-0.39, 0.29) is 16.6 Å². The van der Waals surface area contributed by atoms with Gasteiger partial charge in [-0.2, -0.15) is 13.9 Å². The van der Waals surface area contributed by atoms with Gasteiger partial charge in [0.05, 0.1) is 6.54 Å². The Hall–Kier alpha value is -2.90. The van der Waals surface area contributed by atoms with E-state index in [9.17, 15) is 13.6 Å². The van der Waals surface area contributed by atoms with E-state index in [1.807, 2.05) is 18.2 Å². The highest BCUT2D eigenvalue weighted by atomic mass is 35.5. The van der Waals surface area contributed by atoms with Crippen LogP contribution in [0.2, 0.25) is 10.0 Å². The summed E-state index contributed by atoms with van der Waals surface area (Å²) in [6.07, 6.45) is 4.40. The van der Waals surface area contributed by atoms with Gasteiger partial charge in [-0.1, -0.05) is 53.5 Å². The summed E-state index contributed by atoms with van der Waals surface area (Å²) in [4.78, 5) is 12.1. The second-order valence-electron chi connectivity index (χ2n) is 5.88. The average molecular weight is 438 g/mol. The number of halogens is 4. The van der Waals surface area contributed by atoms with Crippen molar-refractivity contribution in [3.05, 3.63) is 82.0 Å². The summed E-state index contributed by atoms with van der Waals surface area (Å²) in [7, 11) is 0. The molecule has 150 valence electrons. The van der Waals surface area contributed by atoms with Crippen LogP contribution >= 0.6 is 23.2 Å². The topological polar surface area (TPSA) is 56.1 Å². The van der Waals surface area contributed by atoms with Crippen molar-refractivity contribution in [2.45, 2.75) is 13.2 Å². The van der Waals surface area contributed by atoms with Crippen LogP contribution in [0.5, 0.6) is 5.75 Å². The first kappa shape index (κ1) is 20.8. The van der Waals surface area contributed by atoms with Crippen LogP contribution < -0.4 is 10.1 Å². The second kappa shape index (κ2) is 9.54. The van der Waals surface area contributed by atoms with Crippen LogP contribution in [0.25, 0.3) is 6.08 Å². The van der Waals surface area contributed by atoms with Gasteiger partial charge in [-0.05, 0) is 35.4 Å². The lowest BCUT2D eigenvalue weighted by Crippen LogP contribution is -2.09. The second-order valence-corrected chi connectivity index (χ2v) is 6.70. The molecule has 0 unspecified atom stereocenters. The Kier molecular flexibility index (Phi) is 6.85. The quantitative estimate of drug-likeness (QED) is 0.497. The minimum absolute atomic E-state index is 0.0393. The standard InChI is InChI=1S/C20H15Cl2F2N3O2/c21-16-4-2-1-3-14(16)11-27-12-17(22)19(26-27)25-18(28)10-7-13-5-8-15(9-6-13)29-20(23)24/h1-10,12,20H,11H2,(H,25,26,28)/b10-7-. The van der Waals surface area contributed by atoms with Gasteiger partial charge in [0.1, 0.15) is 10.8 Å². The van der Waals surface area contributed by atoms with Crippen molar-refractivity contribution in [1.29, 1.82) is 0 Å². The Morgan fingerprint density at radius 1 is 1.14 bits per heavy atom. The number of benzene rings is 2. The lowest BCUT2D eigenvalue weighted by molar-refractivity contribution is -0.111. The smallest absolute Gasteiger partial charge is 0.387 e. The lowest BCUT2D eigenvalue weighted by atomic mass is 10.2. The molecule has 5 nitrogen and oxygen atoms in total. The predicted octanol–water partition coefficient (Wildman–Crippen LogP) is 5.49. The van der Waals surface area contributed by atoms with Crippen LogP contribution in [0.15, 0.2) is 60.8 Å². The summed E-state index contributed by atoms with van der Waals surface area (Å²) in [5, 5.41) is 7.74. The number of rotatable bonds is 7. The molecule has 1 N–H and O–H groups in total. The van der Waals surface area contributed by atoms with Crippen LogP contribution in [0.4, 0.5) is 14.6 Å². The number of carbonyl (C=O) groups is 1. The molecule has 29 heavy (non-hydrogen) atoms. The largest absolute Gasteiger partial charge is 0.435 e. The number of anilines is 1. The minimum Gasteiger partial charge on any atom is -0.435 e. The van der Waals surface area contributed by atoms with Crippen LogP contribution in [-0.4, -0.2) is 22.3 Å². The van der Waals surface area contributed by atoms with Crippen molar-refractivity contribution >= 4 is 41.0 Å². The molecule has 0 saturated heterocycles. The highest BCUT2D eigenvalue weighted by Gasteiger charge is 2.10. The van der Waals surface area contributed by atoms with Crippen LogP contribution in [0.1, 0.15) is 11.1 Å². The monoisotopic (exact) mass is 437 g/mol. The van der Waals surface area contributed by atoms with E-state index in [1.165, 1.54) is 24.3 Å². The molecule has 3 rings (SSSR count). The molecule has 0 aliphatic carbocycles. The van der Waals surface area contributed by atoms with E-state index < -0.39 is 12.5 Å². The summed E-state index contributed by atoms with van der Waals surface area (Å²) in [5.74, 6) is -0.186. The Morgan fingerprint density at radius 3 is 2.55 bits per heavy atom. The third kappa shape index (κ3) is 6.04. The van der Waals surface area contributed by atoms with E-state index >= 15 is 0 Å². The highest BCUT2D eigenvalue weighted by Crippen LogP contribution is 2.22. The number of nitrogens with zero attached hydrogens (tertiary/aromatic N) is 2. The van der Waals surface area contributed by atoms with Gasteiger partial charge in [-0.3, -0.25) is 9.48 Å².